The number of rotatable bonds is 3. The second-order valence-corrected chi connectivity index (χ2v) is 12.8. The first-order valence-corrected chi connectivity index (χ1v) is 16.6. The van der Waals surface area contributed by atoms with Crippen molar-refractivity contribution in [2.24, 2.45) is 0 Å². The third kappa shape index (κ3) is 3.71. The van der Waals surface area contributed by atoms with E-state index >= 15 is 0 Å². The second-order valence-electron chi connectivity index (χ2n) is 12.8. The lowest BCUT2D eigenvalue weighted by Crippen LogP contribution is -1.98. The van der Waals surface area contributed by atoms with Crippen molar-refractivity contribution >= 4 is 76.5 Å². The maximum Gasteiger partial charge on any atom is 0.137 e. The molecular formula is C45H27N3O. The quantitative estimate of drug-likeness (QED) is 0.196. The summed E-state index contributed by atoms with van der Waals surface area (Å²) in [5.41, 5.74) is 11.9. The lowest BCUT2D eigenvalue weighted by atomic mass is 9.98. The number of para-hydroxylation sites is 4. The smallest absolute Gasteiger partial charge is 0.137 e. The zero-order valence-corrected chi connectivity index (χ0v) is 26.3. The Kier molecular flexibility index (Phi) is 5.35. The van der Waals surface area contributed by atoms with Crippen molar-refractivity contribution in [3.05, 3.63) is 164 Å². The normalized spacial score (nSPS) is 12.1. The summed E-state index contributed by atoms with van der Waals surface area (Å²) in [6, 6.07) is 56.5. The molecule has 0 fully saturated rings. The van der Waals surface area contributed by atoms with Crippen LogP contribution in [0.15, 0.2) is 168 Å². The molecule has 0 saturated heterocycles. The summed E-state index contributed by atoms with van der Waals surface area (Å²) in [6.45, 7) is 0. The summed E-state index contributed by atoms with van der Waals surface area (Å²) in [7, 11) is 0. The van der Waals surface area contributed by atoms with E-state index in [9.17, 15) is 0 Å². The Balaban J connectivity index is 1.28. The van der Waals surface area contributed by atoms with Crippen LogP contribution in [0.25, 0.3) is 99.0 Å². The molecule has 4 heterocycles. The molecule has 11 rings (SSSR count). The SMILES string of the molecule is c1cc(-n2c3ccccc3c3ccc(-c4cc5c(cc4-n4c6ccccc6c6ccccc64)oc4ccccc45)cc32)c2cccnc2c1. The Hall–Kier alpha value is -6.65. The summed E-state index contributed by atoms with van der Waals surface area (Å²) >= 11 is 0. The van der Waals surface area contributed by atoms with E-state index in [1.165, 1.54) is 38.1 Å². The van der Waals surface area contributed by atoms with Crippen LogP contribution < -0.4 is 0 Å². The molecule has 0 N–H and O–H groups in total. The number of pyridine rings is 1. The van der Waals surface area contributed by atoms with Crippen molar-refractivity contribution in [2.45, 2.75) is 0 Å². The average Bonchev–Trinajstić information content (AvgIpc) is 3.81. The first kappa shape index (κ1) is 26.4. The Morgan fingerprint density at radius 2 is 1.00 bits per heavy atom. The van der Waals surface area contributed by atoms with Gasteiger partial charge in [-0.3, -0.25) is 4.98 Å². The summed E-state index contributed by atoms with van der Waals surface area (Å²) in [6.07, 6.45) is 1.86. The number of hydrogen-bond donors (Lipinski definition) is 0. The van der Waals surface area contributed by atoms with Gasteiger partial charge in [0.15, 0.2) is 0 Å². The van der Waals surface area contributed by atoms with Crippen LogP contribution in [0, 0.1) is 0 Å². The van der Waals surface area contributed by atoms with Crippen LogP contribution >= 0.6 is 0 Å². The number of fused-ring (bicyclic) bond motifs is 10. The van der Waals surface area contributed by atoms with Gasteiger partial charge >= 0.3 is 0 Å². The van der Waals surface area contributed by atoms with E-state index in [-0.39, 0.29) is 0 Å². The topological polar surface area (TPSA) is 35.9 Å². The Bertz CT molecular complexity index is 3060. The average molecular weight is 626 g/mol. The van der Waals surface area contributed by atoms with E-state index < -0.39 is 0 Å². The van der Waals surface area contributed by atoms with Crippen molar-refractivity contribution in [2.75, 3.05) is 0 Å². The summed E-state index contributed by atoms with van der Waals surface area (Å²) in [5, 5.41) is 8.25. The third-order valence-electron chi connectivity index (χ3n) is 10.2. The van der Waals surface area contributed by atoms with Gasteiger partial charge in [0.25, 0.3) is 0 Å². The molecule has 0 unspecified atom stereocenters. The van der Waals surface area contributed by atoms with Crippen LogP contribution in [0.1, 0.15) is 0 Å². The lowest BCUT2D eigenvalue weighted by molar-refractivity contribution is 0.668. The van der Waals surface area contributed by atoms with Crippen LogP contribution in [0.5, 0.6) is 0 Å². The molecule has 11 aromatic rings. The van der Waals surface area contributed by atoms with Gasteiger partial charge in [0.2, 0.25) is 0 Å². The van der Waals surface area contributed by atoms with Crippen molar-refractivity contribution < 1.29 is 4.42 Å². The van der Waals surface area contributed by atoms with Crippen LogP contribution in [0.3, 0.4) is 0 Å². The van der Waals surface area contributed by atoms with Crippen molar-refractivity contribution in [1.82, 2.24) is 14.1 Å². The number of furan rings is 1. The van der Waals surface area contributed by atoms with Gasteiger partial charge in [-0.1, -0.05) is 91.0 Å². The molecule has 49 heavy (non-hydrogen) atoms. The first-order chi connectivity index (χ1) is 24.3. The molecule has 0 aliphatic carbocycles. The molecule has 0 aliphatic rings. The van der Waals surface area contributed by atoms with E-state index in [0.29, 0.717) is 0 Å². The summed E-state index contributed by atoms with van der Waals surface area (Å²) in [4.78, 5) is 4.69. The standard InChI is InChI=1S/C45H27N3O/c1-5-17-38-29(11-1)30-12-2-6-18-39(30)47(38)43-27-45-36(33-14-4-8-21-44(33)49-45)26-35(43)28-22-23-32-31-13-3-7-19-40(31)48(42(32)25-28)41-20-9-16-37-34(41)15-10-24-46-37/h1-27H. The van der Waals surface area contributed by atoms with E-state index in [4.69, 9.17) is 9.40 Å². The minimum absolute atomic E-state index is 0.875. The molecule has 4 aromatic heterocycles. The lowest BCUT2D eigenvalue weighted by Gasteiger charge is -2.16. The Morgan fingerprint density at radius 3 is 1.73 bits per heavy atom. The molecule has 0 amide bonds. The van der Waals surface area contributed by atoms with Crippen LogP contribution in [-0.4, -0.2) is 14.1 Å². The van der Waals surface area contributed by atoms with Gasteiger partial charge < -0.3 is 13.6 Å². The molecule has 0 bridgehead atoms. The highest BCUT2D eigenvalue weighted by Crippen LogP contribution is 2.43. The molecule has 0 aliphatic heterocycles. The summed E-state index contributed by atoms with van der Waals surface area (Å²) in [5.74, 6) is 0. The van der Waals surface area contributed by atoms with Crippen molar-refractivity contribution in [3.8, 4) is 22.5 Å². The van der Waals surface area contributed by atoms with Crippen LogP contribution in [-0.2, 0) is 0 Å². The van der Waals surface area contributed by atoms with Crippen LogP contribution in [0.4, 0.5) is 0 Å². The van der Waals surface area contributed by atoms with Gasteiger partial charge in [0.1, 0.15) is 11.2 Å². The number of benzene rings is 7. The van der Waals surface area contributed by atoms with Crippen molar-refractivity contribution in [1.29, 1.82) is 0 Å². The van der Waals surface area contributed by atoms with Gasteiger partial charge in [-0.15, -0.1) is 0 Å². The molecule has 0 atom stereocenters. The van der Waals surface area contributed by atoms with Gasteiger partial charge in [-0.05, 0) is 66.2 Å². The molecule has 4 heteroatoms. The molecule has 7 aromatic carbocycles. The molecule has 0 saturated carbocycles. The monoisotopic (exact) mass is 625 g/mol. The fraction of sp³-hybridized carbons (Fsp3) is 0. The maximum atomic E-state index is 6.51. The minimum Gasteiger partial charge on any atom is -0.456 e. The largest absolute Gasteiger partial charge is 0.456 e. The molecule has 228 valence electrons. The van der Waals surface area contributed by atoms with Crippen LogP contribution in [0.2, 0.25) is 0 Å². The summed E-state index contributed by atoms with van der Waals surface area (Å²) < 4.78 is 11.3. The highest BCUT2D eigenvalue weighted by Gasteiger charge is 2.21. The fourth-order valence-electron chi connectivity index (χ4n) is 8.04. The first-order valence-electron chi connectivity index (χ1n) is 16.6. The molecule has 4 nitrogen and oxygen atoms in total. The van der Waals surface area contributed by atoms with E-state index in [0.717, 1.165) is 60.9 Å². The fourth-order valence-corrected chi connectivity index (χ4v) is 8.04. The number of aromatic nitrogens is 3. The molecule has 0 radical (unpaired) electrons. The Morgan fingerprint density at radius 1 is 0.388 bits per heavy atom. The Labute approximate surface area is 280 Å². The predicted octanol–water partition coefficient (Wildman–Crippen LogP) is 12.0. The van der Waals surface area contributed by atoms with Crippen molar-refractivity contribution in [3.63, 3.8) is 0 Å². The van der Waals surface area contributed by atoms with Gasteiger partial charge in [0, 0.05) is 55.5 Å². The predicted molar refractivity (Wildman–Crippen MR) is 203 cm³/mol. The zero-order valence-electron chi connectivity index (χ0n) is 26.3. The van der Waals surface area contributed by atoms with Gasteiger partial charge in [-0.25, -0.2) is 0 Å². The minimum atomic E-state index is 0.875. The van der Waals surface area contributed by atoms with Gasteiger partial charge in [-0.2, -0.15) is 0 Å². The third-order valence-corrected chi connectivity index (χ3v) is 10.2. The second kappa shape index (κ2) is 9.93. The molecular weight excluding hydrogens is 599 g/mol. The highest BCUT2D eigenvalue weighted by atomic mass is 16.3. The van der Waals surface area contributed by atoms with E-state index in [1.54, 1.807) is 0 Å². The van der Waals surface area contributed by atoms with E-state index in [2.05, 4.69) is 155 Å². The zero-order chi connectivity index (χ0) is 32.1. The highest BCUT2D eigenvalue weighted by molar-refractivity contribution is 6.14. The number of nitrogens with zero attached hydrogens (tertiary/aromatic N) is 3. The van der Waals surface area contributed by atoms with E-state index in [1.807, 2.05) is 18.3 Å². The number of hydrogen-bond acceptors (Lipinski definition) is 2. The molecule has 0 spiro atoms. The van der Waals surface area contributed by atoms with Gasteiger partial charge in [0.05, 0.1) is 39.0 Å². The maximum absolute atomic E-state index is 6.51.